The van der Waals surface area contributed by atoms with Crippen LogP contribution in [0.1, 0.15) is 41.0 Å². The van der Waals surface area contributed by atoms with E-state index in [1.807, 2.05) is 36.1 Å². The van der Waals surface area contributed by atoms with Gasteiger partial charge in [0, 0.05) is 21.9 Å². The number of nitrogens with zero attached hydrogens (tertiary/aromatic N) is 1. The molecule has 124 valence electrons. The van der Waals surface area contributed by atoms with Crippen LogP contribution < -0.4 is 5.32 Å². The van der Waals surface area contributed by atoms with Crippen molar-refractivity contribution in [2.24, 2.45) is 0 Å². The van der Waals surface area contributed by atoms with Crippen molar-refractivity contribution < 1.29 is 9.59 Å². The molecule has 3 heterocycles. The summed E-state index contributed by atoms with van der Waals surface area (Å²) in [5, 5.41) is 4.87. The Morgan fingerprint density at radius 1 is 1.33 bits per heavy atom. The summed E-state index contributed by atoms with van der Waals surface area (Å²) in [7, 11) is 0. The SMILES string of the molecule is CC1Sc2ccc(C(=O)N3CCCC3c3cccs3)cc2NC1=O. The summed E-state index contributed by atoms with van der Waals surface area (Å²) < 4.78 is 0. The van der Waals surface area contributed by atoms with Crippen LogP contribution in [0, 0.1) is 0 Å². The number of carbonyl (C=O) groups excluding carboxylic acids is 2. The number of fused-ring (bicyclic) bond motifs is 1. The van der Waals surface area contributed by atoms with Crippen molar-refractivity contribution in [2.75, 3.05) is 11.9 Å². The van der Waals surface area contributed by atoms with Gasteiger partial charge in [0.15, 0.2) is 0 Å². The van der Waals surface area contributed by atoms with Crippen LogP contribution in [0.25, 0.3) is 0 Å². The molecule has 2 atom stereocenters. The van der Waals surface area contributed by atoms with Gasteiger partial charge in [-0.15, -0.1) is 23.1 Å². The molecule has 1 saturated heterocycles. The Balaban J connectivity index is 1.61. The number of thioether (sulfide) groups is 1. The Labute approximate surface area is 149 Å². The van der Waals surface area contributed by atoms with E-state index in [0.717, 1.165) is 30.0 Å². The number of rotatable bonds is 2. The molecule has 2 aromatic rings. The minimum absolute atomic E-state index is 0.00488. The topological polar surface area (TPSA) is 49.4 Å². The first-order valence-corrected chi connectivity index (χ1v) is 9.85. The number of thiophene rings is 1. The minimum atomic E-state index is -0.0964. The van der Waals surface area contributed by atoms with Gasteiger partial charge in [-0.05, 0) is 49.4 Å². The molecule has 1 aromatic carbocycles. The largest absolute Gasteiger partial charge is 0.331 e. The van der Waals surface area contributed by atoms with E-state index < -0.39 is 0 Å². The van der Waals surface area contributed by atoms with Crippen molar-refractivity contribution in [1.82, 2.24) is 4.90 Å². The molecule has 1 aromatic heterocycles. The lowest BCUT2D eigenvalue weighted by Crippen LogP contribution is -2.31. The third-order valence-corrected chi connectivity index (χ3v) is 6.69. The number of nitrogens with one attached hydrogen (secondary N) is 1. The average Bonchev–Trinajstić information content (AvgIpc) is 3.25. The zero-order valence-corrected chi connectivity index (χ0v) is 15.0. The van der Waals surface area contributed by atoms with E-state index >= 15 is 0 Å². The third kappa shape index (κ3) is 2.74. The average molecular weight is 358 g/mol. The number of hydrogen-bond acceptors (Lipinski definition) is 4. The molecule has 0 radical (unpaired) electrons. The minimum Gasteiger partial charge on any atom is -0.331 e. The van der Waals surface area contributed by atoms with Gasteiger partial charge < -0.3 is 10.2 Å². The van der Waals surface area contributed by atoms with Gasteiger partial charge in [0.2, 0.25) is 5.91 Å². The van der Waals surface area contributed by atoms with Gasteiger partial charge in [0.05, 0.1) is 17.0 Å². The Kier molecular flexibility index (Phi) is 4.10. The second-order valence-electron chi connectivity index (χ2n) is 6.13. The highest BCUT2D eigenvalue weighted by Crippen LogP contribution is 2.38. The molecule has 4 nitrogen and oxygen atoms in total. The highest BCUT2D eigenvalue weighted by atomic mass is 32.2. The van der Waals surface area contributed by atoms with Gasteiger partial charge in [-0.3, -0.25) is 9.59 Å². The Morgan fingerprint density at radius 3 is 3.00 bits per heavy atom. The third-order valence-electron chi connectivity index (χ3n) is 4.54. The van der Waals surface area contributed by atoms with Crippen molar-refractivity contribution in [2.45, 2.75) is 36.0 Å². The quantitative estimate of drug-likeness (QED) is 0.877. The van der Waals surface area contributed by atoms with Crippen LogP contribution in [-0.4, -0.2) is 28.5 Å². The van der Waals surface area contributed by atoms with Gasteiger partial charge in [0.25, 0.3) is 5.91 Å². The van der Waals surface area contributed by atoms with Crippen molar-refractivity contribution in [3.63, 3.8) is 0 Å². The Morgan fingerprint density at radius 2 is 2.21 bits per heavy atom. The molecule has 1 fully saturated rings. The summed E-state index contributed by atoms with van der Waals surface area (Å²) in [6.07, 6.45) is 2.05. The number of benzene rings is 1. The molecule has 24 heavy (non-hydrogen) atoms. The van der Waals surface area contributed by atoms with Gasteiger partial charge in [-0.1, -0.05) is 6.07 Å². The fourth-order valence-electron chi connectivity index (χ4n) is 3.29. The van der Waals surface area contributed by atoms with E-state index in [-0.39, 0.29) is 23.1 Å². The number of hydrogen-bond donors (Lipinski definition) is 1. The Bertz CT molecular complexity index is 788. The summed E-state index contributed by atoms with van der Waals surface area (Å²) in [4.78, 5) is 29.1. The predicted molar refractivity (Wildman–Crippen MR) is 97.7 cm³/mol. The van der Waals surface area contributed by atoms with E-state index in [0.29, 0.717) is 5.56 Å². The summed E-state index contributed by atoms with van der Waals surface area (Å²) >= 11 is 3.24. The van der Waals surface area contributed by atoms with E-state index in [1.165, 1.54) is 16.6 Å². The molecule has 0 bridgehead atoms. The first-order valence-electron chi connectivity index (χ1n) is 8.09. The van der Waals surface area contributed by atoms with E-state index in [9.17, 15) is 9.59 Å². The first kappa shape index (κ1) is 15.7. The lowest BCUT2D eigenvalue weighted by molar-refractivity contribution is -0.115. The number of carbonyl (C=O) groups is 2. The molecule has 2 aliphatic heterocycles. The summed E-state index contributed by atoms with van der Waals surface area (Å²) in [5.74, 6) is 0.0429. The monoisotopic (exact) mass is 358 g/mol. The van der Waals surface area contributed by atoms with Crippen molar-refractivity contribution in [3.05, 3.63) is 46.2 Å². The maximum absolute atomic E-state index is 13.0. The number of anilines is 1. The van der Waals surface area contributed by atoms with Crippen LogP contribution in [0.3, 0.4) is 0 Å². The van der Waals surface area contributed by atoms with Gasteiger partial charge in [-0.2, -0.15) is 0 Å². The normalized spacial score (nSPS) is 23.0. The highest BCUT2D eigenvalue weighted by molar-refractivity contribution is 8.00. The molecule has 0 aliphatic carbocycles. The zero-order valence-electron chi connectivity index (χ0n) is 13.3. The molecule has 0 spiro atoms. The molecule has 6 heteroatoms. The number of amides is 2. The number of likely N-dealkylation sites (tertiary alicyclic amines) is 1. The van der Waals surface area contributed by atoms with Crippen LogP contribution in [0.4, 0.5) is 5.69 Å². The molecule has 1 N–H and O–H groups in total. The maximum Gasteiger partial charge on any atom is 0.254 e. The molecular weight excluding hydrogens is 340 g/mol. The zero-order chi connectivity index (χ0) is 16.7. The van der Waals surface area contributed by atoms with E-state index in [4.69, 9.17) is 0 Å². The molecule has 0 saturated carbocycles. The molecule has 4 rings (SSSR count). The van der Waals surface area contributed by atoms with Crippen LogP contribution in [0.5, 0.6) is 0 Å². The fourth-order valence-corrected chi connectivity index (χ4v) is 5.10. The van der Waals surface area contributed by atoms with Crippen LogP contribution in [0.15, 0.2) is 40.6 Å². The van der Waals surface area contributed by atoms with Gasteiger partial charge >= 0.3 is 0 Å². The second kappa shape index (κ2) is 6.26. The lowest BCUT2D eigenvalue weighted by atomic mass is 10.1. The highest BCUT2D eigenvalue weighted by Gasteiger charge is 2.32. The molecule has 2 unspecified atom stereocenters. The van der Waals surface area contributed by atoms with Crippen molar-refractivity contribution >= 4 is 40.6 Å². The lowest BCUT2D eigenvalue weighted by Gasteiger charge is -2.26. The first-order chi connectivity index (χ1) is 11.6. The molecule has 2 amide bonds. The van der Waals surface area contributed by atoms with Gasteiger partial charge in [-0.25, -0.2) is 0 Å². The second-order valence-corrected chi connectivity index (χ2v) is 8.49. The standard InChI is InChI=1S/C18H18N2O2S2/c1-11-17(21)19-13-10-12(6-7-15(13)24-11)18(22)20-8-2-4-14(20)16-5-3-9-23-16/h3,5-7,9-11,14H,2,4,8H2,1H3,(H,19,21). The smallest absolute Gasteiger partial charge is 0.254 e. The van der Waals surface area contributed by atoms with Crippen LogP contribution >= 0.6 is 23.1 Å². The van der Waals surface area contributed by atoms with Crippen LogP contribution in [-0.2, 0) is 4.79 Å². The Hall–Kier alpha value is -1.79. The summed E-state index contributed by atoms with van der Waals surface area (Å²) in [6.45, 7) is 2.68. The maximum atomic E-state index is 13.0. The van der Waals surface area contributed by atoms with Crippen LogP contribution in [0.2, 0.25) is 0 Å². The predicted octanol–water partition coefficient (Wildman–Crippen LogP) is 4.16. The van der Waals surface area contributed by atoms with Crippen molar-refractivity contribution in [3.8, 4) is 0 Å². The fraction of sp³-hybridized carbons (Fsp3) is 0.333. The molecule has 2 aliphatic rings. The van der Waals surface area contributed by atoms with Crippen molar-refractivity contribution in [1.29, 1.82) is 0 Å². The van der Waals surface area contributed by atoms with Gasteiger partial charge in [0.1, 0.15) is 0 Å². The van der Waals surface area contributed by atoms with E-state index in [2.05, 4.69) is 16.8 Å². The van der Waals surface area contributed by atoms with E-state index in [1.54, 1.807) is 11.3 Å². The summed E-state index contributed by atoms with van der Waals surface area (Å²) in [6, 6.07) is 9.96. The summed E-state index contributed by atoms with van der Waals surface area (Å²) in [5.41, 5.74) is 1.40. The molecular formula is C18H18N2O2S2.